The summed E-state index contributed by atoms with van der Waals surface area (Å²) in [7, 11) is 0. The summed E-state index contributed by atoms with van der Waals surface area (Å²) in [6.45, 7) is 0. The minimum absolute atomic E-state index is 0.138. The molecule has 0 unspecified atom stereocenters. The average Bonchev–Trinajstić information content (AvgIpc) is 3.18. The predicted octanol–water partition coefficient (Wildman–Crippen LogP) is 3.01. The Morgan fingerprint density at radius 2 is 1.52 bits per heavy atom. The Labute approximate surface area is 147 Å². The molecule has 0 aliphatic carbocycles. The van der Waals surface area contributed by atoms with Crippen LogP contribution in [0.5, 0.6) is 0 Å². The van der Waals surface area contributed by atoms with Gasteiger partial charge in [0, 0.05) is 0 Å². The monoisotopic (exact) mass is 351 g/mol. The van der Waals surface area contributed by atoms with Crippen molar-refractivity contribution in [3.63, 3.8) is 0 Å². The molecule has 25 heavy (non-hydrogen) atoms. The maximum Gasteiger partial charge on any atom is 0.278 e. The number of hydrogen-bond donors (Lipinski definition) is 0. The Morgan fingerprint density at radius 3 is 2.20 bits per heavy atom. The van der Waals surface area contributed by atoms with Gasteiger partial charge in [-0.15, -0.1) is 10.2 Å². The lowest BCUT2D eigenvalue weighted by atomic mass is 10.1. The van der Waals surface area contributed by atoms with Crippen molar-refractivity contribution in [1.29, 1.82) is 0 Å². The molecule has 3 aromatic rings. The molecule has 1 aliphatic rings. The molecule has 4 rings (SSSR count). The van der Waals surface area contributed by atoms with Crippen molar-refractivity contribution in [2.24, 2.45) is 0 Å². The number of amides is 2. The lowest BCUT2D eigenvalue weighted by molar-refractivity contribution is 0.0684. The van der Waals surface area contributed by atoms with Crippen LogP contribution in [-0.2, 0) is 6.42 Å². The number of fused-ring (bicyclic) bond motifs is 1. The van der Waals surface area contributed by atoms with Crippen molar-refractivity contribution in [2.75, 3.05) is 5.88 Å². The van der Waals surface area contributed by atoms with Crippen LogP contribution in [0, 0.1) is 0 Å². The first kappa shape index (κ1) is 15.6. The van der Waals surface area contributed by atoms with Gasteiger partial charge < -0.3 is 4.42 Å². The summed E-state index contributed by atoms with van der Waals surface area (Å²) < 4.78 is 5.59. The highest BCUT2D eigenvalue weighted by molar-refractivity contribution is 7.99. The molecule has 6 nitrogen and oxygen atoms in total. The van der Waals surface area contributed by atoms with Crippen molar-refractivity contribution < 1.29 is 14.0 Å². The van der Waals surface area contributed by atoms with Crippen molar-refractivity contribution in [2.45, 2.75) is 11.6 Å². The summed E-state index contributed by atoms with van der Waals surface area (Å²) in [5, 5.41) is 8.31. The van der Waals surface area contributed by atoms with Gasteiger partial charge in [0.1, 0.15) is 0 Å². The first-order valence-corrected chi connectivity index (χ1v) is 8.65. The quantitative estimate of drug-likeness (QED) is 0.519. The predicted molar refractivity (Wildman–Crippen MR) is 91.2 cm³/mol. The van der Waals surface area contributed by atoms with Crippen LogP contribution in [0.15, 0.2) is 64.2 Å². The Hall–Kier alpha value is -2.93. The van der Waals surface area contributed by atoms with Gasteiger partial charge in [-0.25, -0.2) is 0 Å². The Kier molecular flexibility index (Phi) is 4.07. The van der Waals surface area contributed by atoms with Crippen LogP contribution in [0.2, 0.25) is 0 Å². The fourth-order valence-electron chi connectivity index (χ4n) is 2.61. The Balaban J connectivity index is 1.41. The molecular formula is C18H13N3O3S. The zero-order valence-corrected chi connectivity index (χ0v) is 13.9. The molecule has 2 amide bonds. The summed E-state index contributed by atoms with van der Waals surface area (Å²) in [5.41, 5.74) is 1.94. The summed E-state index contributed by atoms with van der Waals surface area (Å²) in [6.07, 6.45) is 0.543. The van der Waals surface area contributed by atoms with Crippen molar-refractivity contribution in [3.05, 3.63) is 77.2 Å². The van der Waals surface area contributed by atoms with E-state index >= 15 is 0 Å². The molecule has 0 radical (unpaired) electrons. The summed E-state index contributed by atoms with van der Waals surface area (Å²) in [6, 6.07) is 16.6. The summed E-state index contributed by atoms with van der Waals surface area (Å²) in [4.78, 5) is 25.8. The van der Waals surface area contributed by atoms with Gasteiger partial charge in [0.2, 0.25) is 5.89 Å². The molecule has 1 aromatic heterocycles. The van der Waals surface area contributed by atoms with Gasteiger partial charge in [0.05, 0.1) is 23.4 Å². The third kappa shape index (κ3) is 3.06. The van der Waals surface area contributed by atoms with E-state index in [0.29, 0.717) is 28.7 Å². The molecule has 7 heteroatoms. The van der Waals surface area contributed by atoms with Gasteiger partial charge in [0.25, 0.3) is 17.0 Å². The van der Waals surface area contributed by atoms with E-state index in [2.05, 4.69) is 10.2 Å². The van der Waals surface area contributed by atoms with Crippen LogP contribution in [0.1, 0.15) is 32.2 Å². The number of carbonyl (C=O) groups is 2. The third-order valence-corrected chi connectivity index (χ3v) is 4.64. The highest BCUT2D eigenvalue weighted by Gasteiger charge is 2.35. The van der Waals surface area contributed by atoms with Crippen LogP contribution >= 0.6 is 11.8 Å². The number of nitrogens with zero attached hydrogens (tertiary/aromatic N) is 3. The summed E-state index contributed by atoms with van der Waals surface area (Å²) >= 11 is 1.17. The minimum atomic E-state index is -0.294. The maximum absolute atomic E-state index is 12.3. The average molecular weight is 351 g/mol. The zero-order valence-electron chi connectivity index (χ0n) is 13.1. The van der Waals surface area contributed by atoms with E-state index in [1.807, 2.05) is 30.3 Å². The van der Waals surface area contributed by atoms with E-state index in [9.17, 15) is 9.59 Å². The van der Waals surface area contributed by atoms with E-state index in [4.69, 9.17) is 4.42 Å². The SMILES string of the molecule is O=C1c2ccccc2C(=O)N1CSc1nnc(Cc2ccccc2)o1. The first-order chi connectivity index (χ1) is 12.2. The second-order valence-electron chi connectivity index (χ2n) is 5.48. The molecule has 2 aromatic carbocycles. The second-order valence-corrected chi connectivity index (χ2v) is 6.38. The number of benzene rings is 2. The Morgan fingerprint density at radius 1 is 0.880 bits per heavy atom. The van der Waals surface area contributed by atoms with Crippen LogP contribution in [0.4, 0.5) is 0 Å². The fraction of sp³-hybridized carbons (Fsp3) is 0.111. The van der Waals surface area contributed by atoms with Gasteiger partial charge in [-0.05, 0) is 29.5 Å². The van der Waals surface area contributed by atoms with Crippen LogP contribution in [0.3, 0.4) is 0 Å². The highest BCUT2D eigenvalue weighted by atomic mass is 32.2. The second kappa shape index (κ2) is 6.52. The van der Waals surface area contributed by atoms with E-state index in [1.54, 1.807) is 24.3 Å². The van der Waals surface area contributed by atoms with Gasteiger partial charge in [-0.3, -0.25) is 14.5 Å². The normalized spacial score (nSPS) is 13.4. The zero-order chi connectivity index (χ0) is 17.2. The molecular weight excluding hydrogens is 338 g/mol. The first-order valence-electron chi connectivity index (χ1n) is 7.67. The molecule has 0 fully saturated rings. The molecule has 0 saturated heterocycles. The third-order valence-electron chi connectivity index (χ3n) is 3.84. The van der Waals surface area contributed by atoms with Crippen LogP contribution in [-0.4, -0.2) is 32.8 Å². The van der Waals surface area contributed by atoms with Crippen LogP contribution in [0.25, 0.3) is 0 Å². The number of hydrogen-bond acceptors (Lipinski definition) is 6. The van der Waals surface area contributed by atoms with E-state index in [1.165, 1.54) is 16.7 Å². The molecule has 2 heterocycles. The number of carbonyl (C=O) groups excluding carboxylic acids is 2. The largest absolute Gasteiger partial charge is 0.416 e. The molecule has 0 spiro atoms. The molecule has 0 saturated carbocycles. The van der Waals surface area contributed by atoms with Gasteiger partial charge >= 0.3 is 0 Å². The number of aromatic nitrogens is 2. The van der Waals surface area contributed by atoms with E-state index < -0.39 is 0 Å². The fourth-order valence-corrected chi connectivity index (χ4v) is 3.34. The minimum Gasteiger partial charge on any atom is -0.416 e. The lowest BCUT2D eigenvalue weighted by Crippen LogP contribution is -2.29. The maximum atomic E-state index is 12.3. The smallest absolute Gasteiger partial charge is 0.278 e. The lowest BCUT2D eigenvalue weighted by Gasteiger charge is -2.11. The molecule has 1 aliphatic heterocycles. The van der Waals surface area contributed by atoms with Gasteiger partial charge in [0.15, 0.2) is 0 Å². The topological polar surface area (TPSA) is 76.3 Å². The highest BCUT2D eigenvalue weighted by Crippen LogP contribution is 2.26. The summed E-state index contributed by atoms with van der Waals surface area (Å²) in [5.74, 6) is 0.0459. The van der Waals surface area contributed by atoms with E-state index in [-0.39, 0.29) is 17.7 Å². The molecule has 0 N–H and O–H groups in total. The number of imide groups is 1. The standard InChI is InChI=1S/C18H13N3O3S/c22-16-13-8-4-5-9-14(13)17(23)21(16)11-25-18-20-19-15(24-18)10-12-6-2-1-3-7-12/h1-9H,10-11H2. The molecule has 0 bridgehead atoms. The number of thioether (sulfide) groups is 1. The van der Waals surface area contributed by atoms with Crippen molar-refractivity contribution in [1.82, 2.24) is 15.1 Å². The van der Waals surface area contributed by atoms with Gasteiger partial charge in [-0.1, -0.05) is 42.5 Å². The van der Waals surface area contributed by atoms with E-state index in [0.717, 1.165) is 5.56 Å². The van der Waals surface area contributed by atoms with Crippen molar-refractivity contribution >= 4 is 23.6 Å². The molecule has 124 valence electrons. The van der Waals surface area contributed by atoms with Crippen molar-refractivity contribution in [3.8, 4) is 0 Å². The Bertz CT molecular complexity index is 905. The van der Waals surface area contributed by atoms with Gasteiger partial charge in [-0.2, -0.15) is 0 Å². The molecule has 0 atom stereocenters. The number of rotatable bonds is 5. The van der Waals surface area contributed by atoms with Crippen LogP contribution < -0.4 is 0 Å².